The highest BCUT2D eigenvalue weighted by Crippen LogP contribution is 2.35. The number of ether oxygens (including phenoxy) is 2. The molecule has 0 bridgehead atoms. The fourth-order valence-electron chi connectivity index (χ4n) is 3.65. The monoisotopic (exact) mass is 335 g/mol. The molecule has 0 aliphatic heterocycles. The summed E-state index contributed by atoms with van der Waals surface area (Å²) in [5, 5.41) is 0. The Morgan fingerprint density at radius 1 is 1.00 bits per heavy atom. The minimum absolute atomic E-state index is 0.312. The molecule has 1 aliphatic rings. The quantitative estimate of drug-likeness (QED) is 0.471. The summed E-state index contributed by atoms with van der Waals surface area (Å²) >= 11 is 0. The first-order valence-corrected chi connectivity index (χ1v) is 9.02. The fraction of sp³-hybridized carbons (Fsp3) is 0.409. The Kier molecular flexibility index (Phi) is 5.73. The van der Waals surface area contributed by atoms with E-state index < -0.39 is 0 Å². The summed E-state index contributed by atoms with van der Waals surface area (Å²) in [6.07, 6.45) is 3.92. The van der Waals surface area contributed by atoms with E-state index in [0.717, 1.165) is 29.2 Å². The molecule has 2 aromatic rings. The molecule has 130 valence electrons. The molecule has 1 aliphatic carbocycles. The van der Waals surface area contributed by atoms with Crippen LogP contribution in [0.15, 0.2) is 48.5 Å². The summed E-state index contributed by atoms with van der Waals surface area (Å²) in [5.41, 5.74) is 2.87. The number of nitrogens with zero attached hydrogens (tertiary/aromatic N) is 1. The molecule has 25 heavy (non-hydrogen) atoms. The van der Waals surface area contributed by atoms with E-state index in [1.54, 1.807) is 0 Å². The van der Waals surface area contributed by atoms with E-state index in [0.29, 0.717) is 24.5 Å². The maximum absolute atomic E-state index is 7.01. The summed E-state index contributed by atoms with van der Waals surface area (Å²) < 4.78 is 11.7. The van der Waals surface area contributed by atoms with Crippen molar-refractivity contribution in [3.63, 3.8) is 0 Å². The van der Waals surface area contributed by atoms with Crippen molar-refractivity contribution >= 4 is 5.69 Å². The molecule has 0 aromatic heterocycles. The fourth-order valence-corrected chi connectivity index (χ4v) is 3.65. The van der Waals surface area contributed by atoms with E-state index in [-0.39, 0.29) is 0 Å². The second-order valence-electron chi connectivity index (χ2n) is 6.90. The summed E-state index contributed by atoms with van der Waals surface area (Å²) in [5.74, 6) is 2.24. The van der Waals surface area contributed by atoms with Crippen LogP contribution in [0, 0.1) is 18.4 Å². The lowest BCUT2D eigenvalue weighted by Crippen LogP contribution is -2.20. The van der Waals surface area contributed by atoms with Gasteiger partial charge in [-0.3, -0.25) is 0 Å². The van der Waals surface area contributed by atoms with Gasteiger partial charge in [0.2, 0.25) is 0 Å². The van der Waals surface area contributed by atoms with Crippen molar-refractivity contribution < 1.29 is 9.47 Å². The third-order valence-corrected chi connectivity index (χ3v) is 5.08. The van der Waals surface area contributed by atoms with Gasteiger partial charge >= 0.3 is 0 Å². The second kappa shape index (κ2) is 8.18. The van der Waals surface area contributed by atoms with E-state index in [9.17, 15) is 0 Å². The molecule has 0 amide bonds. The highest BCUT2D eigenvalue weighted by molar-refractivity contribution is 5.66. The van der Waals surface area contributed by atoms with Crippen molar-refractivity contribution in [1.29, 1.82) is 0 Å². The molecule has 3 heteroatoms. The van der Waals surface area contributed by atoms with Crippen molar-refractivity contribution in [1.82, 2.24) is 0 Å². The van der Waals surface area contributed by atoms with Crippen LogP contribution >= 0.6 is 0 Å². The molecule has 0 radical (unpaired) electrons. The summed E-state index contributed by atoms with van der Waals surface area (Å²) in [4.78, 5) is 3.42. The van der Waals surface area contributed by atoms with Crippen molar-refractivity contribution in [2.45, 2.75) is 39.2 Å². The Hall–Kier alpha value is -2.31. The largest absolute Gasteiger partial charge is 0.468 e. The molecule has 3 nitrogen and oxygen atoms in total. The summed E-state index contributed by atoms with van der Waals surface area (Å²) in [7, 11) is 0. The molecule has 1 saturated carbocycles. The van der Waals surface area contributed by atoms with Crippen LogP contribution in [0.5, 0.6) is 5.75 Å². The van der Waals surface area contributed by atoms with Crippen molar-refractivity contribution in [2.24, 2.45) is 11.8 Å². The van der Waals surface area contributed by atoms with Gasteiger partial charge in [-0.1, -0.05) is 56.7 Å². The molecule has 0 spiro atoms. The van der Waals surface area contributed by atoms with Gasteiger partial charge in [0.25, 0.3) is 0 Å². The zero-order chi connectivity index (χ0) is 17.6. The third kappa shape index (κ3) is 4.41. The normalized spacial score (nSPS) is 22.5. The summed E-state index contributed by atoms with van der Waals surface area (Å²) in [6.45, 7) is 11.9. The van der Waals surface area contributed by atoms with Crippen LogP contribution in [0.4, 0.5) is 5.69 Å². The van der Waals surface area contributed by atoms with Gasteiger partial charge < -0.3 is 9.47 Å². The van der Waals surface area contributed by atoms with E-state index in [4.69, 9.17) is 16.0 Å². The van der Waals surface area contributed by atoms with Crippen LogP contribution in [0.3, 0.4) is 0 Å². The molecule has 3 unspecified atom stereocenters. The molecule has 0 saturated heterocycles. The van der Waals surface area contributed by atoms with E-state index >= 15 is 0 Å². The number of hydrogen-bond donors (Lipinski definition) is 0. The predicted molar refractivity (Wildman–Crippen MR) is 101 cm³/mol. The first-order chi connectivity index (χ1) is 12.2. The van der Waals surface area contributed by atoms with Crippen LogP contribution in [0.25, 0.3) is 16.0 Å². The van der Waals surface area contributed by atoms with Crippen LogP contribution in [0.1, 0.15) is 33.1 Å². The standard InChI is InChI=1S/C22H25NO2/c1-4-17-13-16(2)14-22(17)25-15-24-21-11-7-19(8-12-21)18-5-9-20(23-3)10-6-18/h5-12,16-17,22H,4,13-15H2,1-2H3. The van der Waals surface area contributed by atoms with Crippen molar-refractivity contribution in [2.75, 3.05) is 6.79 Å². The zero-order valence-corrected chi connectivity index (χ0v) is 14.9. The first kappa shape index (κ1) is 17.5. The maximum Gasteiger partial charge on any atom is 0.189 e. The Morgan fingerprint density at radius 2 is 1.64 bits per heavy atom. The van der Waals surface area contributed by atoms with Crippen LogP contribution < -0.4 is 4.74 Å². The highest BCUT2D eigenvalue weighted by Gasteiger charge is 2.31. The SMILES string of the molecule is [C-]#[N+]c1ccc(-c2ccc(OCOC3CC(C)CC3CC)cc2)cc1. The average Bonchev–Trinajstić information content (AvgIpc) is 3.02. The van der Waals surface area contributed by atoms with Gasteiger partial charge in [0.1, 0.15) is 5.75 Å². The number of benzene rings is 2. The minimum Gasteiger partial charge on any atom is -0.468 e. The summed E-state index contributed by atoms with van der Waals surface area (Å²) in [6, 6.07) is 15.6. The lowest BCUT2D eigenvalue weighted by molar-refractivity contribution is -0.0523. The predicted octanol–water partition coefficient (Wildman–Crippen LogP) is 6.08. The lowest BCUT2D eigenvalue weighted by atomic mass is 10.0. The lowest BCUT2D eigenvalue weighted by Gasteiger charge is -2.18. The maximum atomic E-state index is 7.01. The number of hydrogen-bond acceptors (Lipinski definition) is 2. The molecule has 2 aromatic carbocycles. The number of rotatable bonds is 6. The Labute approximate surface area is 150 Å². The van der Waals surface area contributed by atoms with Gasteiger partial charge in [-0.05, 0) is 47.9 Å². The zero-order valence-electron chi connectivity index (χ0n) is 14.9. The van der Waals surface area contributed by atoms with Gasteiger partial charge in [0.15, 0.2) is 12.5 Å². The second-order valence-corrected chi connectivity index (χ2v) is 6.90. The van der Waals surface area contributed by atoms with E-state index in [1.165, 1.54) is 12.8 Å². The first-order valence-electron chi connectivity index (χ1n) is 9.02. The van der Waals surface area contributed by atoms with Crippen molar-refractivity contribution in [3.8, 4) is 16.9 Å². The van der Waals surface area contributed by atoms with Crippen molar-refractivity contribution in [3.05, 3.63) is 59.9 Å². The van der Waals surface area contributed by atoms with Crippen LogP contribution in [-0.2, 0) is 4.74 Å². The van der Waals surface area contributed by atoms with E-state index in [1.807, 2.05) is 48.5 Å². The van der Waals surface area contributed by atoms with Gasteiger partial charge in [-0.25, -0.2) is 4.85 Å². The highest BCUT2D eigenvalue weighted by atomic mass is 16.7. The molecule has 1 fully saturated rings. The Balaban J connectivity index is 1.53. The van der Waals surface area contributed by atoms with E-state index in [2.05, 4.69) is 18.7 Å². The van der Waals surface area contributed by atoms with Gasteiger partial charge in [0.05, 0.1) is 12.7 Å². The smallest absolute Gasteiger partial charge is 0.189 e. The minimum atomic E-state index is 0.312. The topological polar surface area (TPSA) is 22.8 Å². The Bertz CT molecular complexity index is 715. The third-order valence-electron chi connectivity index (χ3n) is 5.08. The molecular weight excluding hydrogens is 310 g/mol. The Morgan fingerprint density at radius 3 is 2.24 bits per heavy atom. The molecule has 3 atom stereocenters. The molecule has 0 heterocycles. The molecule has 0 N–H and O–H groups in total. The van der Waals surface area contributed by atoms with Gasteiger partial charge in [0, 0.05) is 0 Å². The van der Waals surface area contributed by atoms with Crippen LogP contribution in [0.2, 0.25) is 0 Å². The van der Waals surface area contributed by atoms with Gasteiger partial charge in [-0.15, -0.1) is 0 Å². The average molecular weight is 335 g/mol. The van der Waals surface area contributed by atoms with Gasteiger partial charge in [-0.2, -0.15) is 0 Å². The molecule has 3 rings (SSSR count). The molecular formula is C22H25NO2. The van der Waals surface area contributed by atoms with Crippen LogP contribution in [-0.4, -0.2) is 12.9 Å².